The van der Waals surface area contributed by atoms with Crippen LogP contribution in [0.25, 0.3) is 0 Å². The lowest BCUT2D eigenvalue weighted by Crippen LogP contribution is -2.13. The van der Waals surface area contributed by atoms with Gasteiger partial charge in [0.15, 0.2) is 5.75 Å². The first kappa shape index (κ1) is 14.6. The van der Waals surface area contributed by atoms with Gasteiger partial charge in [0.05, 0.1) is 12.4 Å². The van der Waals surface area contributed by atoms with Crippen LogP contribution in [0.2, 0.25) is 0 Å². The molecule has 2 rings (SSSR count). The van der Waals surface area contributed by atoms with Crippen LogP contribution >= 0.6 is 0 Å². The average Bonchev–Trinajstić information content (AvgIpc) is 2.90. The molecule has 20 heavy (non-hydrogen) atoms. The van der Waals surface area contributed by atoms with Crippen LogP contribution < -0.4 is 10.1 Å². The number of nitrogens with zero attached hydrogens (tertiary/aromatic N) is 2. The summed E-state index contributed by atoms with van der Waals surface area (Å²) in [5, 5.41) is 7.63. The van der Waals surface area contributed by atoms with Crippen molar-refractivity contribution in [1.29, 1.82) is 0 Å². The number of benzene rings is 1. The van der Waals surface area contributed by atoms with Crippen LogP contribution in [0.3, 0.4) is 0 Å². The highest BCUT2D eigenvalue weighted by atomic mass is 16.5. The van der Waals surface area contributed by atoms with Gasteiger partial charge in [-0.15, -0.1) is 0 Å². The van der Waals surface area contributed by atoms with Crippen molar-refractivity contribution in [3.8, 4) is 11.5 Å². The Balaban J connectivity index is 2.07. The van der Waals surface area contributed by atoms with Crippen LogP contribution in [0, 0.1) is 6.92 Å². The molecule has 0 radical (unpaired) electrons. The Kier molecular flexibility index (Phi) is 5.18. The minimum Gasteiger partial charge on any atom is -0.454 e. The van der Waals surface area contributed by atoms with Crippen molar-refractivity contribution in [2.24, 2.45) is 0 Å². The first-order chi connectivity index (χ1) is 9.72. The molecule has 0 atom stereocenters. The highest BCUT2D eigenvalue weighted by Crippen LogP contribution is 2.25. The Bertz CT molecular complexity index is 548. The molecule has 1 aromatic heterocycles. The van der Waals surface area contributed by atoms with E-state index in [-0.39, 0.29) is 0 Å². The fourth-order valence-electron chi connectivity index (χ4n) is 1.97. The summed E-state index contributed by atoms with van der Waals surface area (Å²) in [6, 6.07) is 6.34. The highest BCUT2D eigenvalue weighted by Gasteiger charge is 2.05. The van der Waals surface area contributed by atoms with Crippen molar-refractivity contribution in [1.82, 2.24) is 15.1 Å². The zero-order valence-electron chi connectivity index (χ0n) is 12.5. The highest BCUT2D eigenvalue weighted by molar-refractivity contribution is 5.39. The maximum Gasteiger partial charge on any atom is 0.165 e. The summed E-state index contributed by atoms with van der Waals surface area (Å²) in [4.78, 5) is 0. The molecule has 0 fully saturated rings. The first-order valence-corrected chi connectivity index (χ1v) is 7.23. The van der Waals surface area contributed by atoms with E-state index in [1.54, 1.807) is 6.20 Å². The van der Waals surface area contributed by atoms with E-state index in [0.29, 0.717) is 0 Å². The summed E-state index contributed by atoms with van der Waals surface area (Å²) in [7, 11) is 0. The molecule has 4 heteroatoms. The number of hydrogen-bond donors (Lipinski definition) is 1. The van der Waals surface area contributed by atoms with Crippen LogP contribution in [0.5, 0.6) is 11.5 Å². The number of rotatable bonds is 7. The Labute approximate surface area is 120 Å². The Morgan fingerprint density at radius 2 is 2.15 bits per heavy atom. The Morgan fingerprint density at radius 1 is 1.30 bits per heavy atom. The lowest BCUT2D eigenvalue weighted by molar-refractivity contribution is 0.476. The van der Waals surface area contributed by atoms with Crippen LogP contribution in [0.1, 0.15) is 31.4 Å². The topological polar surface area (TPSA) is 39.1 Å². The molecule has 1 N–H and O–H groups in total. The lowest BCUT2D eigenvalue weighted by atomic mass is 10.1. The molecule has 1 aromatic carbocycles. The number of aromatic nitrogens is 2. The van der Waals surface area contributed by atoms with Gasteiger partial charge in [-0.25, -0.2) is 0 Å². The van der Waals surface area contributed by atoms with E-state index < -0.39 is 0 Å². The van der Waals surface area contributed by atoms with Crippen molar-refractivity contribution in [2.75, 3.05) is 6.54 Å². The first-order valence-electron chi connectivity index (χ1n) is 7.23. The van der Waals surface area contributed by atoms with Crippen molar-refractivity contribution < 1.29 is 4.74 Å². The fraction of sp³-hybridized carbons (Fsp3) is 0.438. The van der Waals surface area contributed by atoms with Gasteiger partial charge in [-0.2, -0.15) is 5.10 Å². The zero-order valence-corrected chi connectivity index (χ0v) is 12.5. The van der Waals surface area contributed by atoms with Gasteiger partial charge in [0, 0.05) is 13.1 Å². The average molecular weight is 273 g/mol. The van der Waals surface area contributed by atoms with Gasteiger partial charge in [-0.05, 0) is 44.0 Å². The van der Waals surface area contributed by atoms with E-state index in [2.05, 4.69) is 49.4 Å². The van der Waals surface area contributed by atoms with E-state index in [4.69, 9.17) is 4.74 Å². The third kappa shape index (κ3) is 3.84. The predicted octanol–water partition coefficient (Wildman–Crippen LogP) is 3.50. The molecule has 0 aliphatic heterocycles. The van der Waals surface area contributed by atoms with Crippen LogP contribution in [-0.2, 0) is 13.1 Å². The maximum absolute atomic E-state index is 5.93. The molecule has 0 saturated carbocycles. The molecule has 0 saturated heterocycles. The van der Waals surface area contributed by atoms with Crippen LogP contribution in [0.4, 0.5) is 0 Å². The molecule has 1 heterocycles. The minimum absolute atomic E-state index is 0.786. The molecule has 0 aliphatic carbocycles. The molecule has 108 valence electrons. The molecule has 4 nitrogen and oxygen atoms in total. The maximum atomic E-state index is 5.93. The normalized spacial score (nSPS) is 10.8. The monoisotopic (exact) mass is 273 g/mol. The summed E-state index contributed by atoms with van der Waals surface area (Å²) in [6.07, 6.45) is 4.82. The van der Waals surface area contributed by atoms with Crippen molar-refractivity contribution >= 4 is 0 Å². The van der Waals surface area contributed by atoms with E-state index in [1.807, 2.05) is 10.9 Å². The number of hydrogen-bond acceptors (Lipinski definition) is 3. The van der Waals surface area contributed by atoms with Crippen molar-refractivity contribution in [3.05, 3.63) is 41.7 Å². The van der Waals surface area contributed by atoms with E-state index >= 15 is 0 Å². The fourth-order valence-corrected chi connectivity index (χ4v) is 1.97. The van der Waals surface area contributed by atoms with Gasteiger partial charge in [0.1, 0.15) is 5.75 Å². The summed E-state index contributed by atoms with van der Waals surface area (Å²) < 4.78 is 7.79. The van der Waals surface area contributed by atoms with Gasteiger partial charge in [-0.1, -0.05) is 19.1 Å². The van der Waals surface area contributed by atoms with Crippen molar-refractivity contribution in [3.63, 3.8) is 0 Å². The summed E-state index contributed by atoms with van der Waals surface area (Å²) in [5.74, 6) is 1.69. The second-order valence-electron chi connectivity index (χ2n) is 4.91. The molecule has 0 unspecified atom stereocenters. The molecule has 0 aliphatic rings. The van der Waals surface area contributed by atoms with E-state index in [9.17, 15) is 0 Å². The molecule has 0 bridgehead atoms. The molecular weight excluding hydrogens is 250 g/mol. The summed E-state index contributed by atoms with van der Waals surface area (Å²) >= 11 is 0. The summed E-state index contributed by atoms with van der Waals surface area (Å²) in [5.41, 5.74) is 2.37. The summed E-state index contributed by atoms with van der Waals surface area (Å²) in [6.45, 7) is 9.04. The zero-order chi connectivity index (χ0) is 14.4. The molecular formula is C16H23N3O. The Hall–Kier alpha value is -1.81. The Morgan fingerprint density at radius 3 is 2.85 bits per heavy atom. The SMILES string of the molecule is CCCNCc1ccc(C)c(Oc2cnn(CC)c2)c1. The van der Waals surface area contributed by atoms with Crippen LogP contribution in [-0.4, -0.2) is 16.3 Å². The molecule has 0 amide bonds. The quantitative estimate of drug-likeness (QED) is 0.785. The largest absolute Gasteiger partial charge is 0.454 e. The smallest absolute Gasteiger partial charge is 0.165 e. The van der Waals surface area contributed by atoms with Gasteiger partial charge in [-0.3, -0.25) is 4.68 Å². The van der Waals surface area contributed by atoms with Crippen LogP contribution in [0.15, 0.2) is 30.6 Å². The standard InChI is InChI=1S/C16H23N3O/c1-4-8-17-10-14-7-6-13(3)16(9-14)20-15-11-18-19(5-2)12-15/h6-7,9,11-12,17H,4-5,8,10H2,1-3H3. The lowest BCUT2D eigenvalue weighted by Gasteiger charge is -2.10. The molecule has 0 spiro atoms. The minimum atomic E-state index is 0.786. The van der Waals surface area contributed by atoms with Gasteiger partial charge >= 0.3 is 0 Å². The van der Waals surface area contributed by atoms with Gasteiger partial charge in [0.2, 0.25) is 0 Å². The third-order valence-corrected chi connectivity index (χ3v) is 3.17. The molecule has 2 aromatic rings. The van der Waals surface area contributed by atoms with E-state index in [0.717, 1.165) is 43.1 Å². The van der Waals surface area contributed by atoms with Gasteiger partial charge < -0.3 is 10.1 Å². The predicted molar refractivity (Wildman–Crippen MR) is 81.2 cm³/mol. The number of nitrogens with one attached hydrogen (secondary N) is 1. The number of ether oxygens (including phenoxy) is 1. The van der Waals surface area contributed by atoms with E-state index in [1.165, 1.54) is 5.56 Å². The third-order valence-electron chi connectivity index (χ3n) is 3.17. The second kappa shape index (κ2) is 7.10. The number of aryl methyl sites for hydroxylation is 2. The second-order valence-corrected chi connectivity index (χ2v) is 4.91. The van der Waals surface area contributed by atoms with Gasteiger partial charge in [0.25, 0.3) is 0 Å². The van der Waals surface area contributed by atoms with Crippen molar-refractivity contribution in [2.45, 2.75) is 40.3 Å².